The number of esters is 1. The number of hydrogen-bond acceptors (Lipinski definition) is 5. The third-order valence-corrected chi connectivity index (χ3v) is 4.90. The summed E-state index contributed by atoms with van der Waals surface area (Å²) in [6.07, 6.45) is 6.13. The van der Waals surface area contributed by atoms with E-state index in [0.717, 1.165) is 36.2 Å². The highest BCUT2D eigenvalue weighted by atomic mass is 16.5. The maximum atomic E-state index is 12.3. The molecule has 1 saturated carbocycles. The Kier molecular flexibility index (Phi) is 6.19. The van der Waals surface area contributed by atoms with Crippen molar-refractivity contribution in [2.24, 2.45) is 7.05 Å². The number of nitriles is 1. The van der Waals surface area contributed by atoms with Crippen LogP contribution in [0.3, 0.4) is 0 Å². The van der Waals surface area contributed by atoms with E-state index in [1.165, 1.54) is 13.0 Å². The van der Waals surface area contributed by atoms with Crippen LogP contribution in [-0.4, -0.2) is 33.3 Å². The molecular weight excluding hydrogens is 332 g/mol. The van der Waals surface area contributed by atoms with Crippen LogP contribution in [0.15, 0.2) is 6.08 Å². The molecule has 0 unspecified atom stereocenters. The Bertz CT molecular complexity index is 752. The minimum atomic E-state index is -0.963. The van der Waals surface area contributed by atoms with Crippen molar-refractivity contribution < 1.29 is 14.3 Å². The molecule has 0 aromatic carbocycles. The monoisotopic (exact) mass is 358 g/mol. The van der Waals surface area contributed by atoms with Crippen LogP contribution >= 0.6 is 0 Å². The molecule has 0 aliphatic heterocycles. The SMILES string of the molecule is Cc1nn(C)c(C)c1/C=C/C(=O)O[C@H](C)C(=O)NC1(C#N)CCCCC1. The molecule has 1 heterocycles. The summed E-state index contributed by atoms with van der Waals surface area (Å²) in [7, 11) is 1.83. The van der Waals surface area contributed by atoms with E-state index in [9.17, 15) is 14.9 Å². The average Bonchev–Trinajstić information content (AvgIpc) is 2.85. The van der Waals surface area contributed by atoms with Gasteiger partial charge < -0.3 is 10.1 Å². The molecule has 0 spiro atoms. The first-order valence-electron chi connectivity index (χ1n) is 8.90. The lowest BCUT2D eigenvalue weighted by atomic mass is 9.83. The number of nitrogens with zero attached hydrogens (tertiary/aromatic N) is 3. The van der Waals surface area contributed by atoms with Gasteiger partial charge in [0.15, 0.2) is 6.10 Å². The fourth-order valence-electron chi connectivity index (χ4n) is 3.21. The van der Waals surface area contributed by atoms with Crippen LogP contribution in [0.5, 0.6) is 0 Å². The van der Waals surface area contributed by atoms with Gasteiger partial charge in [0.2, 0.25) is 0 Å². The van der Waals surface area contributed by atoms with Crippen LogP contribution in [0.2, 0.25) is 0 Å². The smallest absolute Gasteiger partial charge is 0.331 e. The molecule has 1 amide bonds. The van der Waals surface area contributed by atoms with Crippen molar-refractivity contribution >= 4 is 18.0 Å². The first kappa shape index (κ1) is 19.7. The number of carbonyl (C=O) groups is 2. The number of rotatable bonds is 5. The Morgan fingerprint density at radius 3 is 2.54 bits per heavy atom. The summed E-state index contributed by atoms with van der Waals surface area (Å²) in [6.45, 7) is 5.28. The van der Waals surface area contributed by atoms with Crippen LogP contribution in [-0.2, 0) is 21.4 Å². The number of aryl methyl sites for hydroxylation is 2. The largest absolute Gasteiger partial charge is 0.449 e. The van der Waals surface area contributed by atoms with Gasteiger partial charge in [-0.2, -0.15) is 10.4 Å². The van der Waals surface area contributed by atoms with Gasteiger partial charge in [0.1, 0.15) is 5.54 Å². The van der Waals surface area contributed by atoms with Crippen LogP contribution in [0.25, 0.3) is 6.08 Å². The topological polar surface area (TPSA) is 97.0 Å². The standard InChI is InChI=1S/C19H26N4O3/c1-13-16(14(2)23(4)22-13)8-9-17(24)26-15(3)18(25)21-19(12-20)10-6-5-7-11-19/h8-9,15H,5-7,10-11H2,1-4H3,(H,21,25)/b9-8+/t15-/m1/s1. The third-order valence-electron chi connectivity index (χ3n) is 4.90. The third kappa shape index (κ3) is 4.51. The molecule has 7 heteroatoms. The van der Waals surface area contributed by atoms with Crippen LogP contribution < -0.4 is 5.32 Å². The Balaban J connectivity index is 1.94. The fourth-order valence-corrected chi connectivity index (χ4v) is 3.21. The van der Waals surface area contributed by atoms with E-state index in [4.69, 9.17) is 4.74 Å². The maximum Gasteiger partial charge on any atom is 0.331 e. The number of ether oxygens (including phenoxy) is 1. The molecule has 140 valence electrons. The van der Waals surface area contributed by atoms with E-state index < -0.39 is 23.5 Å². The van der Waals surface area contributed by atoms with E-state index in [2.05, 4.69) is 16.5 Å². The Hall–Kier alpha value is -2.62. The number of nitrogens with one attached hydrogen (secondary N) is 1. The maximum absolute atomic E-state index is 12.3. The van der Waals surface area contributed by atoms with Crippen LogP contribution in [0.4, 0.5) is 0 Å². The Morgan fingerprint density at radius 1 is 1.35 bits per heavy atom. The summed E-state index contributed by atoms with van der Waals surface area (Å²) >= 11 is 0. The quantitative estimate of drug-likeness (QED) is 0.643. The summed E-state index contributed by atoms with van der Waals surface area (Å²) in [4.78, 5) is 24.3. The van der Waals surface area contributed by atoms with Gasteiger partial charge in [-0.1, -0.05) is 19.3 Å². The van der Waals surface area contributed by atoms with Crippen molar-refractivity contribution in [3.8, 4) is 6.07 Å². The second-order valence-electron chi connectivity index (χ2n) is 6.86. The molecule has 1 aliphatic rings. The van der Waals surface area contributed by atoms with Crippen LogP contribution in [0, 0.1) is 25.2 Å². The van der Waals surface area contributed by atoms with Gasteiger partial charge in [0.25, 0.3) is 5.91 Å². The van der Waals surface area contributed by atoms with Gasteiger partial charge >= 0.3 is 5.97 Å². The lowest BCUT2D eigenvalue weighted by Gasteiger charge is -2.32. The van der Waals surface area contributed by atoms with E-state index in [1.54, 1.807) is 10.8 Å². The average molecular weight is 358 g/mol. The summed E-state index contributed by atoms with van der Waals surface area (Å²) in [6, 6.07) is 2.22. The van der Waals surface area contributed by atoms with Crippen LogP contribution in [0.1, 0.15) is 56.0 Å². The molecule has 1 aromatic rings. The molecule has 0 bridgehead atoms. The number of amides is 1. The molecule has 0 radical (unpaired) electrons. The van der Waals surface area contributed by atoms with Crippen molar-refractivity contribution in [1.82, 2.24) is 15.1 Å². The molecule has 1 aliphatic carbocycles. The van der Waals surface area contributed by atoms with Crippen molar-refractivity contribution in [3.63, 3.8) is 0 Å². The van der Waals surface area contributed by atoms with Crippen molar-refractivity contribution in [2.75, 3.05) is 0 Å². The molecule has 1 atom stereocenters. The first-order valence-corrected chi connectivity index (χ1v) is 8.90. The molecule has 1 aromatic heterocycles. The van der Waals surface area contributed by atoms with E-state index >= 15 is 0 Å². The van der Waals surface area contributed by atoms with Gasteiger partial charge in [0, 0.05) is 24.4 Å². The normalized spacial score (nSPS) is 17.5. The molecule has 2 rings (SSSR count). The zero-order chi connectivity index (χ0) is 19.3. The predicted octanol–water partition coefficient (Wildman–Crippen LogP) is 2.32. The molecule has 1 N–H and O–H groups in total. The predicted molar refractivity (Wildman–Crippen MR) is 96.8 cm³/mol. The molecule has 7 nitrogen and oxygen atoms in total. The number of hydrogen-bond donors (Lipinski definition) is 1. The van der Waals surface area contributed by atoms with Gasteiger partial charge in [-0.3, -0.25) is 9.48 Å². The van der Waals surface area contributed by atoms with E-state index in [1.807, 2.05) is 20.9 Å². The Labute approximate surface area is 154 Å². The number of carbonyl (C=O) groups excluding carboxylic acids is 2. The summed E-state index contributed by atoms with van der Waals surface area (Å²) in [5.74, 6) is -1.05. The fraction of sp³-hybridized carbons (Fsp3) is 0.579. The highest BCUT2D eigenvalue weighted by Crippen LogP contribution is 2.27. The first-order chi connectivity index (χ1) is 12.3. The van der Waals surface area contributed by atoms with Gasteiger partial charge in [0.05, 0.1) is 11.8 Å². The molecule has 26 heavy (non-hydrogen) atoms. The second kappa shape index (κ2) is 8.17. The van der Waals surface area contributed by atoms with Crippen molar-refractivity contribution in [2.45, 2.75) is 64.5 Å². The van der Waals surface area contributed by atoms with Gasteiger partial charge in [-0.25, -0.2) is 4.79 Å². The summed E-state index contributed by atoms with van der Waals surface area (Å²) < 4.78 is 6.92. The number of aromatic nitrogens is 2. The summed E-state index contributed by atoms with van der Waals surface area (Å²) in [5.41, 5.74) is 1.77. The minimum Gasteiger partial charge on any atom is -0.449 e. The zero-order valence-electron chi connectivity index (χ0n) is 15.8. The molecule has 1 fully saturated rings. The highest BCUT2D eigenvalue weighted by Gasteiger charge is 2.35. The van der Waals surface area contributed by atoms with E-state index in [-0.39, 0.29) is 0 Å². The lowest BCUT2D eigenvalue weighted by molar-refractivity contribution is -0.150. The molecular formula is C19H26N4O3. The van der Waals surface area contributed by atoms with E-state index in [0.29, 0.717) is 12.8 Å². The lowest BCUT2D eigenvalue weighted by Crippen LogP contribution is -2.52. The van der Waals surface area contributed by atoms with Gasteiger partial charge in [-0.05, 0) is 39.7 Å². The highest BCUT2D eigenvalue weighted by molar-refractivity contribution is 5.90. The zero-order valence-corrected chi connectivity index (χ0v) is 15.8. The van der Waals surface area contributed by atoms with Gasteiger partial charge in [-0.15, -0.1) is 0 Å². The minimum absolute atomic E-state index is 0.441. The van der Waals surface area contributed by atoms with Crippen molar-refractivity contribution in [3.05, 3.63) is 23.0 Å². The van der Waals surface area contributed by atoms with Crippen molar-refractivity contribution in [1.29, 1.82) is 5.26 Å². The summed E-state index contributed by atoms with van der Waals surface area (Å²) in [5, 5.41) is 16.5. The molecule has 0 saturated heterocycles. The second-order valence-corrected chi connectivity index (χ2v) is 6.86. The Morgan fingerprint density at radius 2 is 2.00 bits per heavy atom.